The lowest BCUT2D eigenvalue weighted by Crippen LogP contribution is -2.43. The normalized spacial score (nSPS) is 15.2. The fraction of sp³-hybridized carbons (Fsp3) is 0.565. The van der Waals surface area contributed by atoms with Gasteiger partial charge in [-0.05, 0) is 57.7 Å². The molecular formula is C23H32N2OS. The number of rotatable bonds is 7. The first-order valence-electron chi connectivity index (χ1n) is 10.3. The number of carbonyl (C=O) groups is 1. The molecule has 0 spiro atoms. The Hall–Kier alpha value is -1.55. The first kappa shape index (κ1) is 20.2. The van der Waals surface area contributed by atoms with E-state index >= 15 is 0 Å². The Balaban J connectivity index is 1.81. The molecule has 0 atom stereocenters. The number of fused-ring (bicyclic) bond motifs is 1. The molecule has 1 amide bonds. The smallest absolute Gasteiger partial charge is 0.233 e. The van der Waals surface area contributed by atoms with E-state index in [2.05, 4.69) is 52.0 Å². The molecule has 1 aromatic carbocycles. The molecule has 0 saturated heterocycles. The third-order valence-corrected chi connectivity index (χ3v) is 6.50. The number of amides is 1. The predicted octanol–water partition coefficient (Wildman–Crippen LogP) is 5.71. The topological polar surface area (TPSA) is 33.2 Å². The Morgan fingerprint density at radius 3 is 2.48 bits per heavy atom. The van der Waals surface area contributed by atoms with Crippen LogP contribution in [-0.4, -0.2) is 33.6 Å². The molecule has 0 N–H and O–H groups in total. The van der Waals surface area contributed by atoms with Gasteiger partial charge in [0.2, 0.25) is 5.91 Å². The highest BCUT2D eigenvalue weighted by atomic mass is 32.2. The van der Waals surface area contributed by atoms with E-state index in [0.717, 1.165) is 22.9 Å². The number of para-hydroxylation sites is 1. The van der Waals surface area contributed by atoms with Gasteiger partial charge in [0.05, 0.1) is 11.3 Å². The highest BCUT2D eigenvalue weighted by Crippen LogP contribution is 2.33. The lowest BCUT2D eigenvalue weighted by molar-refractivity contribution is -0.131. The molecule has 0 aliphatic heterocycles. The van der Waals surface area contributed by atoms with Gasteiger partial charge in [-0.1, -0.05) is 55.6 Å². The van der Waals surface area contributed by atoms with Crippen LogP contribution in [0.15, 0.2) is 35.4 Å². The highest BCUT2D eigenvalue weighted by molar-refractivity contribution is 7.99. The van der Waals surface area contributed by atoms with Crippen LogP contribution in [0.2, 0.25) is 0 Å². The number of hydrogen-bond donors (Lipinski definition) is 0. The molecule has 27 heavy (non-hydrogen) atoms. The molecule has 4 heteroatoms. The molecule has 0 bridgehead atoms. The standard InChI is InChI=1S/C23H32N2OS/c1-16(2)25(17(3)4)22(26)15-27-23-20(13-18-9-5-6-10-18)14-19-11-7-8-12-21(19)24-23/h7-8,11-12,14,16-18H,5-6,9-10,13,15H2,1-4H3. The van der Waals surface area contributed by atoms with Crippen molar-refractivity contribution < 1.29 is 4.79 Å². The maximum Gasteiger partial charge on any atom is 0.233 e. The SMILES string of the molecule is CC(C)N(C(=O)CSc1nc2ccccc2cc1CC1CCCC1)C(C)C. The molecule has 0 radical (unpaired) electrons. The lowest BCUT2D eigenvalue weighted by Gasteiger charge is -2.30. The van der Waals surface area contributed by atoms with Crippen molar-refractivity contribution in [2.75, 3.05) is 5.75 Å². The quantitative estimate of drug-likeness (QED) is 0.574. The van der Waals surface area contributed by atoms with Gasteiger partial charge in [0.1, 0.15) is 5.03 Å². The summed E-state index contributed by atoms with van der Waals surface area (Å²) in [6.45, 7) is 8.34. The van der Waals surface area contributed by atoms with Gasteiger partial charge in [-0.25, -0.2) is 4.98 Å². The van der Waals surface area contributed by atoms with Crippen molar-refractivity contribution in [1.82, 2.24) is 9.88 Å². The summed E-state index contributed by atoms with van der Waals surface area (Å²) in [6.07, 6.45) is 6.44. The second-order valence-electron chi connectivity index (χ2n) is 8.28. The molecule has 1 aliphatic carbocycles. The zero-order valence-corrected chi connectivity index (χ0v) is 17.9. The minimum absolute atomic E-state index is 0.201. The maximum atomic E-state index is 12.8. The van der Waals surface area contributed by atoms with E-state index in [1.165, 1.54) is 36.6 Å². The molecule has 1 aromatic heterocycles. The minimum Gasteiger partial charge on any atom is -0.337 e. The molecule has 1 aliphatic rings. The van der Waals surface area contributed by atoms with E-state index in [9.17, 15) is 4.79 Å². The predicted molar refractivity (Wildman–Crippen MR) is 115 cm³/mol. The molecule has 1 fully saturated rings. The van der Waals surface area contributed by atoms with E-state index in [4.69, 9.17) is 4.98 Å². The third-order valence-electron chi connectivity index (χ3n) is 5.48. The summed E-state index contributed by atoms with van der Waals surface area (Å²) >= 11 is 1.61. The maximum absolute atomic E-state index is 12.8. The Kier molecular flexibility index (Phi) is 6.80. The van der Waals surface area contributed by atoms with Crippen LogP contribution in [-0.2, 0) is 11.2 Å². The summed E-state index contributed by atoms with van der Waals surface area (Å²) in [4.78, 5) is 19.7. The second-order valence-corrected chi connectivity index (χ2v) is 9.24. The average molecular weight is 385 g/mol. The average Bonchev–Trinajstić information content (AvgIpc) is 3.12. The van der Waals surface area contributed by atoms with Gasteiger partial charge in [0.15, 0.2) is 0 Å². The van der Waals surface area contributed by atoms with Crippen LogP contribution < -0.4 is 0 Å². The first-order valence-corrected chi connectivity index (χ1v) is 11.3. The van der Waals surface area contributed by atoms with Crippen LogP contribution in [0, 0.1) is 5.92 Å². The highest BCUT2D eigenvalue weighted by Gasteiger charge is 2.22. The van der Waals surface area contributed by atoms with Crippen molar-refractivity contribution in [2.24, 2.45) is 5.92 Å². The van der Waals surface area contributed by atoms with Gasteiger partial charge in [0.25, 0.3) is 0 Å². The lowest BCUT2D eigenvalue weighted by atomic mass is 9.98. The van der Waals surface area contributed by atoms with Crippen LogP contribution in [0.5, 0.6) is 0 Å². The number of benzene rings is 1. The molecular weight excluding hydrogens is 352 g/mol. The van der Waals surface area contributed by atoms with Crippen molar-refractivity contribution in [2.45, 2.75) is 76.9 Å². The summed E-state index contributed by atoms with van der Waals surface area (Å²) in [6, 6.07) is 11.1. The zero-order valence-electron chi connectivity index (χ0n) is 17.1. The van der Waals surface area contributed by atoms with E-state index in [1.807, 2.05) is 11.0 Å². The van der Waals surface area contributed by atoms with Crippen molar-refractivity contribution >= 4 is 28.6 Å². The van der Waals surface area contributed by atoms with Gasteiger partial charge in [-0.15, -0.1) is 0 Å². The van der Waals surface area contributed by atoms with Crippen molar-refractivity contribution in [3.05, 3.63) is 35.9 Å². The molecule has 1 heterocycles. The van der Waals surface area contributed by atoms with Gasteiger partial charge in [0, 0.05) is 17.5 Å². The number of carbonyl (C=O) groups excluding carboxylic acids is 1. The van der Waals surface area contributed by atoms with Crippen LogP contribution in [0.1, 0.15) is 58.9 Å². The minimum atomic E-state index is 0.201. The van der Waals surface area contributed by atoms with E-state index in [0.29, 0.717) is 5.75 Å². The fourth-order valence-corrected chi connectivity index (χ4v) is 5.22. The van der Waals surface area contributed by atoms with Gasteiger partial charge >= 0.3 is 0 Å². The fourth-order valence-electron chi connectivity index (χ4n) is 4.32. The third kappa shape index (κ3) is 5.04. The molecule has 2 aromatic rings. The number of hydrogen-bond acceptors (Lipinski definition) is 3. The van der Waals surface area contributed by atoms with Crippen molar-refractivity contribution in [3.63, 3.8) is 0 Å². The molecule has 0 unspecified atom stereocenters. The number of aromatic nitrogens is 1. The largest absolute Gasteiger partial charge is 0.337 e. The van der Waals surface area contributed by atoms with Crippen LogP contribution in [0.4, 0.5) is 0 Å². The Labute approximate surface area is 167 Å². The van der Waals surface area contributed by atoms with Crippen LogP contribution >= 0.6 is 11.8 Å². The monoisotopic (exact) mass is 384 g/mol. The Morgan fingerprint density at radius 2 is 1.81 bits per heavy atom. The number of pyridine rings is 1. The van der Waals surface area contributed by atoms with Gasteiger partial charge in [-0.2, -0.15) is 0 Å². The van der Waals surface area contributed by atoms with Crippen molar-refractivity contribution in [1.29, 1.82) is 0 Å². The molecule has 1 saturated carbocycles. The molecule has 3 nitrogen and oxygen atoms in total. The van der Waals surface area contributed by atoms with E-state index in [1.54, 1.807) is 11.8 Å². The summed E-state index contributed by atoms with van der Waals surface area (Å²) in [7, 11) is 0. The summed E-state index contributed by atoms with van der Waals surface area (Å²) in [5, 5.41) is 2.24. The number of thioether (sulfide) groups is 1. The summed E-state index contributed by atoms with van der Waals surface area (Å²) in [5.41, 5.74) is 2.34. The molecule has 146 valence electrons. The van der Waals surface area contributed by atoms with Gasteiger partial charge < -0.3 is 4.90 Å². The first-order chi connectivity index (χ1) is 13.0. The van der Waals surface area contributed by atoms with Crippen LogP contribution in [0.3, 0.4) is 0 Å². The Morgan fingerprint density at radius 1 is 1.15 bits per heavy atom. The Bertz CT molecular complexity index is 773. The van der Waals surface area contributed by atoms with Gasteiger partial charge in [-0.3, -0.25) is 4.79 Å². The van der Waals surface area contributed by atoms with Crippen molar-refractivity contribution in [3.8, 4) is 0 Å². The summed E-state index contributed by atoms with van der Waals surface area (Å²) < 4.78 is 0. The zero-order chi connectivity index (χ0) is 19.4. The van der Waals surface area contributed by atoms with Crippen LogP contribution in [0.25, 0.3) is 10.9 Å². The molecule has 3 rings (SSSR count). The van der Waals surface area contributed by atoms with E-state index < -0.39 is 0 Å². The second kappa shape index (κ2) is 9.09. The number of nitrogens with zero attached hydrogens (tertiary/aromatic N) is 2. The van der Waals surface area contributed by atoms with E-state index in [-0.39, 0.29) is 18.0 Å². The summed E-state index contributed by atoms with van der Waals surface area (Å²) in [5.74, 6) is 1.43.